The molecule has 4 aromatic rings. The molecule has 0 spiro atoms. The SMILES string of the molecule is CC(=O)c1cccc(NC(=O)CSc2nnc(-c3ccncc3)n2-c2ccc(Cl)cc2)c1. The molecule has 0 fully saturated rings. The molecule has 2 aromatic heterocycles. The Labute approximate surface area is 193 Å². The van der Waals surface area contributed by atoms with E-state index < -0.39 is 0 Å². The summed E-state index contributed by atoms with van der Waals surface area (Å²) in [6, 6.07) is 17.8. The van der Waals surface area contributed by atoms with Crippen molar-refractivity contribution in [1.82, 2.24) is 19.7 Å². The van der Waals surface area contributed by atoms with E-state index >= 15 is 0 Å². The molecule has 32 heavy (non-hydrogen) atoms. The van der Waals surface area contributed by atoms with Crippen molar-refractivity contribution in [3.8, 4) is 17.1 Å². The van der Waals surface area contributed by atoms with Gasteiger partial charge in [0.25, 0.3) is 0 Å². The van der Waals surface area contributed by atoms with Crippen LogP contribution in [-0.4, -0.2) is 37.2 Å². The largest absolute Gasteiger partial charge is 0.325 e. The van der Waals surface area contributed by atoms with Crippen LogP contribution in [0, 0.1) is 0 Å². The molecule has 0 radical (unpaired) electrons. The molecule has 160 valence electrons. The quantitative estimate of drug-likeness (QED) is 0.309. The van der Waals surface area contributed by atoms with Crippen molar-refractivity contribution in [2.24, 2.45) is 0 Å². The number of pyridine rings is 1. The number of aromatic nitrogens is 4. The van der Waals surface area contributed by atoms with Gasteiger partial charge in [0.1, 0.15) is 0 Å². The summed E-state index contributed by atoms with van der Waals surface area (Å²) in [5.74, 6) is 0.473. The number of ketones is 1. The van der Waals surface area contributed by atoms with Crippen molar-refractivity contribution in [3.63, 3.8) is 0 Å². The highest BCUT2D eigenvalue weighted by molar-refractivity contribution is 7.99. The van der Waals surface area contributed by atoms with Crippen LogP contribution in [0.15, 0.2) is 78.2 Å². The molecular formula is C23H18ClN5O2S. The van der Waals surface area contributed by atoms with Gasteiger partial charge in [0.15, 0.2) is 16.8 Å². The Morgan fingerprint density at radius 2 is 1.78 bits per heavy atom. The van der Waals surface area contributed by atoms with E-state index in [2.05, 4.69) is 20.5 Å². The Bertz CT molecular complexity index is 1260. The van der Waals surface area contributed by atoms with Crippen LogP contribution in [0.1, 0.15) is 17.3 Å². The maximum atomic E-state index is 12.5. The van der Waals surface area contributed by atoms with Crippen LogP contribution in [0.25, 0.3) is 17.1 Å². The number of rotatable bonds is 7. The number of hydrogen-bond donors (Lipinski definition) is 1. The Balaban J connectivity index is 1.56. The van der Waals surface area contributed by atoms with Gasteiger partial charge < -0.3 is 5.32 Å². The summed E-state index contributed by atoms with van der Waals surface area (Å²) in [4.78, 5) is 28.1. The lowest BCUT2D eigenvalue weighted by Crippen LogP contribution is -2.15. The normalized spacial score (nSPS) is 10.7. The van der Waals surface area contributed by atoms with Crippen LogP contribution >= 0.6 is 23.4 Å². The number of nitrogens with zero attached hydrogens (tertiary/aromatic N) is 4. The average Bonchev–Trinajstić information content (AvgIpc) is 3.23. The van der Waals surface area contributed by atoms with Crippen molar-refractivity contribution in [1.29, 1.82) is 0 Å². The second-order valence-electron chi connectivity index (χ2n) is 6.83. The fourth-order valence-corrected chi connectivity index (χ4v) is 3.90. The highest BCUT2D eigenvalue weighted by atomic mass is 35.5. The number of hydrogen-bond acceptors (Lipinski definition) is 6. The summed E-state index contributed by atoms with van der Waals surface area (Å²) in [6.07, 6.45) is 3.37. The van der Waals surface area contributed by atoms with Gasteiger partial charge in [-0.25, -0.2) is 0 Å². The number of anilines is 1. The predicted molar refractivity (Wildman–Crippen MR) is 125 cm³/mol. The van der Waals surface area contributed by atoms with Gasteiger partial charge in [0, 0.05) is 39.9 Å². The first kappa shape index (κ1) is 21.7. The highest BCUT2D eigenvalue weighted by Crippen LogP contribution is 2.28. The molecule has 0 saturated heterocycles. The summed E-state index contributed by atoms with van der Waals surface area (Å²) in [6.45, 7) is 1.49. The molecule has 0 aliphatic heterocycles. The summed E-state index contributed by atoms with van der Waals surface area (Å²) in [5, 5.41) is 12.6. The van der Waals surface area contributed by atoms with E-state index in [-0.39, 0.29) is 17.4 Å². The maximum Gasteiger partial charge on any atom is 0.234 e. The summed E-state index contributed by atoms with van der Waals surface area (Å²) in [7, 11) is 0. The molecule has 1 N–H and O–H groups in total. The number of benzene rings is 2. The predicted octanol–water partition coefficient (Wildman–Crippen LogP) is 4.92. The van der Waals surface area contributed by atoms with E-state index in [1.165, 1.54) is 18.7 Å². The zero-order valence-corrected chi connectivity index (χ0v) is 18.6. The highest BCUT2D eigenvalue weighted by Gasteiger charge is 2.17. The zero-order chi connectivity index (χ0) is 22.5. The van der Waals surface area contributed by atoms with Gasteiger partial charge in [-0.15, -0.1) is 10.2 Å². The first-order chi connectivity index (χ1) is 15.5. The fourth-order valence-electron chi connectivity index (χ4n) is 3.02. The molecule has 0 aliphatic rings. The monoisotopic (exact) mass is 463 g/mol. The molecule has 1 amide bonds. The number of halogens is 1. The second-order valence-corrected chi connectivity index (χ2v) is 8.21. The number of nitrogens with one attached hydrogen (secondary N) is 1. The standard InChI is InChI=1S/C23H18ClN5O2S/c1-15(30)17-3-2-4-19(13-17)26-21(31)14-32-23-28-27-22(16-9-11-25-12-10-16)29(23)20-7-5-18(24)6-8-20/h2-13H,14H2,1H3,(H,26,31). The van der Waals surface area contributed by atoms with Gasteiger partial charge >= 0.3 is 0 Å². The summed E-state index contributed by atoms with van der Waals surface area (Å²) >= 11 is 7.31. The van der Waals surface area contributed by atoms with E-state index in [4.69, 9.17) is 11.6 Å². The molecule has 9 heteroatoms. The average molecular weight is 464 g/mol. The molecule has 0 aliphatic carbocycles. The van der Waals surface area contributed by atoms with Crippen LogP contribution in [0.4, 0.5) is 5.69 Å². The van der Waals surface area contributed by atoms with Gasteiger partial charge in [-0.3, -0.25) is 19.1 Å². The van der Waals surface area contributed by atoms with E-state index in [1.54, 1.807) is 48.8 Å². The first-order valence-corrected chi connectivity index (χ1v) is 11.0. The van der Waals surface area contributed by atoms with Crippen molar-refractivity contribution >= 4 is 40.7 Å². The van der Waals surface area contributed by atoms with Crippen LogP contribution in [0.2, 0.25) is 5.02 Å². The molecule has 0 unspecified atom stereocenters. The summed E-state index contributed by atoms with van der Waals surface area (Å²) in [5.41, 5.74) is 2.78. The van der Waals surface area contributed by atoms with Crippen molar-refractivity contribution in [3.05, 3.63) is 83.6 Å². The molecule has 7 nitrogen and oxygen atoms in total. The number of Topliss-reactive ketones (excluding diaryl/α,β-unsaturated/α-hetero) is 1. The first-order valence-electron chi connectivity index (χ1n) is 9.66. The molecule has 0 bridgehead atoms. The Kier molecular flexibility index (Phi) is 6.63. The van der Waals surface area contributed by atoms with Crippen molar-refractivity contribution in [2.45, 2.75) is 12.1 Å². The molecule has 2 heterocycles. The van der Waals surface area contributed by atoms with E-state index in [9.17, 15) is 9.59 Å². The molecule has 0 atom stereocenters. The third kappa shape index (κ3) is 5.04. The van der Waals surface area contributed by atoms with E-state index in [0.29, 0.717) is 27.3 Å². The lowest BCUT2D eigenvalue weighted by molar-refractivity contribution is -0.113. The minimum atomic E-state index is -0.216. The van der Waals surface area contributed by atoms with Gasteiger partial charge in [0.05, 0.1) is 5.75 Å². The third-order valence-electron chi connectivity index (χ3n) is 4.54. The zero-order valence-electron chi connectivity index (χ0n) is 17.0. The van der Waals surface area contributed by atoms with E-state index in [1.807, 2.05) is 28.8 Å². The Morgan fingerprint density at radius 1 is 1.03 bits per heavy atom. The number of amides is 1. The fraction of sp³-hybridized carbons (Fsp3) is 0.0870. The number of thioether (sulfide) groups is 1. The maximum absolute atomic E-state index is 12.5. The van der Waals surface area contributed by atoms with Crippen molar-refractivity contribution < 1.29 is 9.59 Å². The topological polar surface area (TPSA) is 89.8 Å². The van der Waals surface area contributed by atoms with Crippen LogP contribution in [0.5, 0.6) is 0 Å². The molecule has 2 aromatic carbocycles. The lowest BCUT2D eigenvalue weighted by atomic mass is 10.1. The van der Waals surface area contributed by atoms with Gasteiger partial charge in [-0.2, -0.15) is 0 Å². The number of carbonyl (C=O) groups is 2. The third-order valence-corrected chi connectivity index (χ3v) is 5.72. The van der Waals surface area contributed by atoms with Gasteiger partial charge in [-0.05, 0) is 55.5 Å². The van der Waals surface area contributed by atoms with Crippen LogP contribution in [-0.2, 0) is 4.79 Å². The molecule has 0 saturated carbocycles. The van der Waals surface area contributed by atoms with Crippen LogP contribution < -0.4 is 5.32 Å². The van der Waals surface area contributed by atoms with Gasteiger partial charge in [0.2, 0.25) is 5.91 Å². The minimum Gasteiger partial charge on any atom is -0.325 e. The number of carbonyl (C=O) groups excluding carboxylic acids is 2. The lowest BCUT2D eigenvalue weighted by Gasteiger charge is -2.11. The van der Waals surface area contributed by atoms with Gasteiger partial charge in [-0.1, -0.05) is 35.5 Å². The Hall–Kier alpha value is -3.49. The molecular weight excluding hydrogens is 446 g/mol. The Morgan fingerprint density at radius 3 is 2.50 bits per heavy atom. The molecule has 4 rings (SSSR count). The summed E-state index contributed by atoms with van der Waals surface area (Å²) < 4.78 is 1.87. The van der Waals surface area contributed by atoms with Crippen molar-refractivity contribution in [2.75, 3.05) is 11.1 Å². The smallest absolute Gasteiger partial charge is 0.234 e. The van der Waals surface area contributed by atoms with E-state index in [0.717, 1.165) is 11.3 Å². The minimum absolute atomic E-state index is 0.0600. The van der Waals surface area contributed by atoms with Crippen LogP contribution in [0.3, 0.4) is 0 Å². The second kappa shape index (κ2) is 9.76.